The summed E-state index contributed by atoms with van der Waals surface area (Å²) < 4.78 is 27.0. The smallest absolute Gasteiger partial charge is 0.254 e. The van der Waals surface area contributed by atoms with E-state index in [1.165, 1.54) is 6.07 Å². The van der Waals surface area contributed by atoms with Gasteiger partial charge in [0.15, 0.2) is 17.5 Å². The Bertz CT molecular complexity index is 1520. The highest BCUT2D eigenvalue weighted by Crippen LogP contribution is 2.21. The van der Waals surface area contributed by atoms with Crippen molar-refractivity contribution >= 4 is 35.2 Å². The molecule has 1 amide bonds. The van der Waals surface area contributed by atoms with Crippen LogP contribution >= 0.6 is 0 Å². The van der Waals surface area contributed by atoms with E-state index < -0.39 is 23.6 Å². The summed E-state index contributed by atoms with van der Waals surface area (Å²) in [5.74, 6) is -1.17. The van der Waals surface area contributed by atoms with Gasteiger partial charge in [-0.15, -0.1) is 0 Å². The summed E-state index contributed by atoms with van der Waals surface area (Å²) in [7, 11) is 0. The normalized spacial score (nSPS) is 11.8. The minimum Gasteiger partial charge on any atom is -0.384 e. The Morgan fingerprint density at radius 1 is 0.979 bits per heavy atom. The largest absolute Gasteiger partial charge is 0.384 e. The second kappa shape index (κ2) is 21.8. The van der Waals surface area contributed by atoms with Crippen LogP contribution in [0.1, 0.15) is 90.6 Å². The predicted molar refractivity (Wildman–Crippen MR) is 196 cm³/mol. The van der Waals surface area contributed by atoms with E-state index in [1.54, 1.807) is 13.1 Å². The number of allylic oxidation sites excluding steroid dienone is 1. The molecule has 2 unspecified atom stereocenters. The molecule has 0 aliphatic carbocycles. The number of aromatic nitrogens is 2. The average Bonchev–Trinajstić information content (AvgIpc) is 3.41. The first-order valence-electron chi connectivity index (χ1n) is 15.9. The number of halogens is 2. The fourth-order valence-electron chi connectivity index (χ4n) is 3.55. The van der Waals surface area contributed by atoms with Gasteiger partial charge in [-0.25, -0.2) is 13.8 Å². The van der Waals surface area contributed by atoms with E-state index in [0.29, 0.717) is 28.6 Å². The van der Waals surface area contributed by atoms with Gasteiger partial charge in [-0.1, -0.05) is 97.2 Å². The standard InChI is InChI=1S/C31H35F2N7O.3C2H6/c1-17(2)21(6)37-29(20(5)31(41)38-22(7)25-12-13-26(32)27(33)14-25)36-16-23-8-10-24(11-9-23)18(3)15-35-30-19(4)28(34)39-40-30;3*1-2/h8-15,21-22H,1,3,5,16H2,2,4,6-7H3,(H,36,37)(H,38,41)(H3,34,39,40);3*1-2H3. The number of nitrogen functional groups attached to an aromatic ring is 1. The van der Waals surface area contributed by atoms with Crippen molar-refractivity contribution in [2.24, 2.45) is 9.98 Å². The van der Waals surface area contributed by atoms with Crippen molar-refractivity contribution in [3.63, 3.8) is 0 Å². The molecule has 3 rings (SSSR count). The van der Waals surface area contributed by atoms with Crippen molar-refractivity contribution in [2.75, 3.05) is 5.73 Å². The van der Waals surface area contributed by atoms with Crippen LogP contribution < -0.4 is 16.4 Å². The van der Waals surface area contributed by atoms with E-state index >= 15 is 0 Å². The van der Waals surface area contributed by atoms with Crippen LogP contribution in [0.15, 0.2) is 83.3 Å². The van der Waals surface area contributed by atoms with E-state index in [2.05, 4.69) is 50.6 Å². The van der Waals surface area contributed by atoms with Crippen LogP contribution in [0.3, 0.4) is 0 Å². The number of H-pyrrole nitrogens is 1. The molecule has 47 heavy (non-hydrogen) atoms. The molecule has 0 spiro atoms. The second-order valence-electron chi connectivity index (χ2n) is 9.79. The molecule has 2 atom stereocenters. The Hall–Kier alpha value is -4.86. The van der Waals surface area contributed by atoms with Gasteiger partial charge in [0.1, 0.15) is 11.7 Å². The summed E-state index contributed by atoms with van der Waals surface area (Å²) in [5.41, 5.74) is 10.3. The predicted octanol–water partition coefficient (Wildman–Crippen LogP) is 8.96. The molecular weight excluding hydrogens is 596 g/mol. The highest BCUT2D eigenvalue weighted by Gasteiger charge is 2.19. The Morgan fingerprint density at radius 2 is 1.57 bits per heavy atom. The highest BCUT2D eigenvalue weighted by atomic mass is 19.2. The molecular formula is C37H53F2N7O. The lowest BCUT2D eigenvalue weighted by atomic mass is 10.1. The number of anilines is 1. The molecule has 3 aromatic rings. The van der Waals surface area contributed by atoms with Crippen molar-refractivity contribution in [1.29, 1.82) is 0 Å². The lowest BCUT2D eigenvalue weighted by Crippen LogP contribution is -2.39. The van der Waals surface area contributed by atoms with Gasteiger partial charge < -0.3 is 16.4 Å². The number of amidine groups is 1. The number of hydrogen-bond acceptors (Lipinski definition) is 5. The van der Waals surface area contributed by atoms with Crippen LogP contribution in [0.2, 0.25) is 0 Å². The Kier molecular flexibility index (Phi) is 19.5. The average molecular weight is 650 g/mol. The van der Waals surface area contributed by atoms with Gasteiger partial charge in [0.2, 0.25) is 0 Å². The molecule has 0 bridgehead atoms. The van der Waals surface area contributed by atoms with E-state index in [9.17, 15) is 13.6 Å². The van der Waals surface area contributed by atoms with E-state index in [1.807, 2.05) is 86.6 Å². The van der Waals surface area contributed by atoms with Crippen LogP contribution in [0.4, 0.5) is 20.4 Å². The van der Waals surface area contributed by atoms with Gasteiger partial charge in [-0.2, -0.15) is 5.10 Å². The number of nitrogens with zero attached hydrogens (tertiary/aromatic N) is 3. The zero-order valence-electron chi connectivity index (χ0n) is 29.7. The maximum atomic E-state index is 13.7. The molecule has 8 nitrogen and oxygen atoms in total. The number of rotatable bonds is 11. The van der Waals surface area contributed by atoms with Crippen molar-refractivity contribution in [1.82, 2.24) is 20.8 Å². The first-order chi connectivity index (χ1) is 22.4. The molecule has 0 radical (unpaired) electrons. The van der Waals surface area contributed by atoms with Crippen LogP contribution in [0, 0.1) is 18.6 Å². The summed E-state index contributed by atoms with van der Waals surface area (Å²) in [5, 5.41) is 12.7. The quantitative estimate of drug-likeness (QED) is 0.0717. The topological polar surface area (TPSA) is 121 Å². The Balaban J connectivity index is 0.00000333. The molecule has 0 aliphatic rings. The summed E-state index contributed by atoms with van der Waals surface area (Å²) in [4.78, 5) is 22.0. The maximum Gasteiger partial charge on any atom is 0.254 e. The summed E-state index contributed by atoms with van der Waals surface area (Å²) in [6.07, 6.45) is 1.63. The molecule has 1 aromatic heterocycles. The van der Waals surface area contributed by atoms with Gasteiger partial charge in [0.25, 0.3) is 5.91 Å². The SMILES string of the molecule is C=C(C(=O)NC(C)c1ccc(F)c(F)c1)C(=NCc1ccc(C(=C)C=Nc2n[nH]c(N)c2C)cc1)NC(C)C(=C)C.CC.CC.CC. The van der Waals surface area contributed by atoms with Crippen LogP contribution in [0.25, 0.3) is 5.57 Å². The van der Waals surface area contributed by atoms with E-state index in [-0.39, 0.29) is 18.2 Å². The first-order valence-corrected chi connectivity index (χ1v) is 15.9. The number of nitrogens with one attached hydrogen (secondary N) is 3. The van der Waals surface area contributed by atoms with E-state index in [0.717, 1.165) is 34.4 Å². The highest BCUT2D eigenvalue weighted by molar-refractivity contribution is 6.20. The lowest BCUT2D eigenvalue weighted by Gasteiger charge is -2.20. The summed E-state index contributed by atoms with van der Waals surface area (Å²) in [6, 6.07) is 10.3. The minimum atomic E-state index is -0.985. The van der Waals surface area contributed by atoms with Gasteiger partial charge in [-0.3, -0.25) is 14.9 Å². The number of carbonyl (C=O) groups excluding carboxylic acids is 1. The van der Waals surface area contributed by atoms with Crippen LogP contribution in [0.5, 0.6) is 0 Å². The minimum absolute atomic E-state index is 0.100. The number of benzene rings is 2. The molecule has 0 saturated carbocycles. The summed E-state index contributed by atoms with van der Waals surface area (Å²) >= 11 is 0. The molecule has 256 valence electrons. The third kappa shape index (κ3) is 13.2. The zero-order chi connectivity index (χ0) is 36.3. The van der Waals surface area contributed by atoms with Crippen molar-refractivity contribution in [3.05, 3.63) is 107 Å². The molecule has 0 saturated heterocycles. The van der Waals surface area contributed by atoms with Crippen molar-refractivity contribution in [3.8, 4) is 0 Å². The van der Waals surface area contributed by atoms with Gasteiger partial charge >= 0.3 is 0 Å². The molecule has 2 aromatic carbocycles. The fraction of sp³-hybridized carbons (Fsp3) is 0.351. The fourth-order valence-corrected chi connectivity index (χ4v) is 3.55. The number of nitrogens with two attached hydrogens (primary N) is 1. The second-order valence-corrected chi connectivity index (χ2v) is 9.79. The number of hydrogen-bond donors (Lipinski definition) is 4. The van der Waals surface area contributed by atoms with Gasteiger partial charge in [-0.05, 0) is 62.1 Å². The Labute approximate surface area is 280 Å². The van der Waals surface area contributed by atoms with E-state index in [4.69, 9.17) is 5.73 Å². The van der Waals surface area contributed by atoms with Crippen molar-refractivity contribution < 1.29 is 13.6 Å². The lowest BCUT2D eigenvalue weighted by molar-refractivity contribution is -0.117. The number of amides is 1. The third-order valence-corrected chi connectivity index (χ3v) is 6.55. The van der Waals surface area contributed by atoms with Crippen molar-refractivity contribution in [2.45, 2.75) is 87.9 Å². The third-order valence-electron chi connectivity index (χ3n) is 6.55. The molecule has 1 heterocycles. The zero-order valence-corrected chi connectivity index (χ0v) is 29.7. The monoisotopic (exact) mass is 649 g/mol. The molecule has 5 N–H and O–H groups in total. The number of aliphatic imine (C=N–C) groups is 2. The van der Waals surface area contributed by atoms with Gasteiger partial charge in [0, 0.05) is 17.8 Å². The summed E-state index contributed by atoms with van der Waals surface area (Å²) in [6.45, 7) is 31.5. The molecule has 0 fully saturated rings. The number of aromatic amines is 1. The Morgan fingerprint density at radius 3 is 2.09 bits per heavy atom. The molecule has 10 heteroatoms. The maximum absolute atomic E-state index is 13.7. The number of carbonyl (C=O) groups is 1. The molecule has 0 aliphatic heterocycles. The van der Waals surface area contributed by atoms with Crippen LogP contribution in [-0.2, 0) is 11.3 Å². The van der Waals surface area contributed by atoms with Crippen LogP contribution in [-0.4, -0.2) is 34.2 Å². The first kappa shape index (κ1) is 42.1. The van der Waals surface area contributed by atoms with Gasteiger partial charge in [0.05, 0.1) is 18.2 Å².